The highest BCUT2D eigenvalue weighted by Crippen LogP contribution is 2.35. The Morgan fingerprint density at radius 1 is 1.16 bits per heavy atom. The first kappa shape index (κ1) is 15.3. The van der Waals surface area contributed by atoms with Crippen LogP contribution in [0, 0.1) is 17.3 Å². The second kappa shape index (κ2) is 5.70. The highest BCUT2D eigenvalue weighted by Gasteiger charge is 2.34. The van der Waals surface area contributed by atoms with E-state index in [2.05, 4.69) is 20.8 Å². The van der Waals surface area contributed by atoms with Crippen LogP contribution in [0.25, 0.3) is 0 Å². The summed E-state index contributed by atoms with van der Waals surface area (Å²) in [6.07, 6.45) is 2.87. The van der Waals surface area contributed by atoms with E-state index in [1.807, 2.05) is 0 Å². The van der Waals surface area contributed by atoms with Crippen molar-refractivity contribution in [3.8, 4) is 0 Å². The molecule has 1 atom stereocenters. The second-order valence-electron chi connectivity index (χ2n) is 7.05. The number of nitrogens with zero attached hydrogens (tertiary/aromatic N) is 1. The van der Waals surface area contributed by atoms with Gasteiger partial charge in [-0.3, -0.25) is 0 Å². The summed E-state index contributed by atoms with van der Waals surface area (Å²) in [5.41, 5.74) is 0.287. The molecule has 0 radical (unpaired) electrons. The molecule has 0 aromatic heterocycles. The molecule has 5 heteroatoms. The van der Waals surface area contributed by atoms with Crippen LogP contribution in [0.3, 0.4) is 0 Å². The summed E-state index contributed by atoms with van der Waals surface area (Å²) in [4.78, 5) is 0. The van der Waals surface area contributed by atoms with Crippen LogP contribution in [-0.4, -0.2) is 44.8 Å². The summed E-state index contributed by atoms with van der Waals surface area (Å²) in [5.74, 6) is 1.10. The number of piperidine rings is 1. The fourth-order valence-corrected chi connectivity index (χ4v) is 4.95. The molecule has 4 nitrogen and oxygen atoms in total. The lowest BCUT2D eigenvalue weighted by molar-refractivity contribution is 0.153. The third-order valence-corrected chi connectivity index (χ3v) is 6.59. The SMILES string of the molecule is CC(C)(C)C1CCN(S(=O)(=O)CC2CCOC2)CC1. The molecule has 0 aromatic carbocycles. The fraction of sp³-hybridized carbons (Fsp3) is 1.00. The fourth-order valence-electron chi connectivity index (χ4n) is 3.12. The van der Waals surface area contributed by atoms with Crippen molar-refractivity contribution in [2.45, 2.75) is 40.0 Å². The molecule has 0 aliphatic carbocycles. The lowest BCUT2D eigenvalue weighted by Gasteiger charge is -2.38. The Balaban J connectivity index is 1.89. The highest BCUT2D eigenvalue weighted by molar-refractivity contribution is 7.89. The van der Waals surface area contributed by atoms with E-state index >= 15 is 0 Å². The maximum atomic E-state index is 12.4. The maximum absolute atomic E-state index is 12.4. The molecule has 0 amide bonds. The highest BCUT2D eigenvalue weighted by atomic mass is 32.2. The van der Waals surface area contributed by atoms with Crippen LogP contribution < -0.4 is 0 Å². The average molecular weight is 289 g/mol. The lowest BCUT2D eigenvalue weighted by atomic mass is 9.76. The first-order valence-electron chi connectivity index (χ1n) is 7.34. The van der Waals surface area contributed by atoms with Gasteiger partial charge in [-0.2, -0.15) is 0 Å². The van der Waals surface area contributed by atoms with Crippen molar-refractivity contribution < 1.29 is 13.2 Å². The molecule has 0 saturated carbocycles. The zero-order valence-electron chi connectivity index (χ0n) is 12.4. The largest absolute Gasteiger partial charge is 0.381 e. The van der Waals surface area contributed by atoms with E-state index in [-0.39, 0.29) is 17.1 Å². The first-order valence-corrected chi connectivity index (χ1v) is 8.95. The van der Waals surface area contributed by atoms with Gasteiger partial charge in [-0.25, -0.2) is 12.7 Å². The van der Waals surface area contributed by atoms with Gasteiger partial charge in [0.25, 0.3) is 0 Å². The normalized spacial score (nSPS) is 27.8. The van der Waals surface area contributed by atoms with Crippen molar-refractivity contribution in [1.82, 2.24) is 4.31 Å². The van der Waals surface area contributed by atoms with Crippen molar-refractivity contribution in [3.05, 3.63) is 0 Å². The molecular weight excluding hydrogens is 262 g/mol. The predicted octanol–water partition coefficient (Wildman–Crippen LogP) is 2.11. The van der Waals surface area contributed by atoms with Gasteiger partial charge < -0.3 is 4.74 Å². The van der Waals surface area contributed by atoms with E-state index < -0.39 is 10.0 Å². The van der Waals surface area contributed by atoms with Crippen molar-refractivity contribution >= 4 is 10.0 Å². The smallest absolute Gasteiger partial charge is 0.214 e. The van der Waals surface area contributed by atoms with Gasteiger partial charge in [0.1, 0.15) is 0 Å². The van der Waals surface area contributed by atoms with E-state index in [1.54, 1.807) is 4.31 Å². The van der Waals surface area contributed by atoms with Crippen LogP contribution in [0.1, 0.15) is 40.0 Å². The molecule has 2 aliphatic rings. The molecule has 0 bridgehead atoms. The standard InChI is InChI=1S/C14H27NO3S/c1-14(2,3)13-4-7-15(8-5-13)19(16,17)11-12-6-9-18-10-12/h12-13H,4-11H2,1-3H3. The lowest BCUT2D eigenvalue weighted by Crippen LogP contribution is -2.43. The third-order valence-electron chi connectivity index (χ3n) is 4.54. The van der Waals surface area contributed by atoms with Gasteiger partial charge in [-0.1, -0.05) is 20.8 Å². The summed E-state index contributed by atoms with van der Waals surface area (Å²) in [7, 11) is -3.08. The predicted molar refractivity (Wildman–Crippen MR) is 76.5 cm³/mol. The molecule has 0 spiro atoms. The number of rotatable bonds is 3. The Morgan fingerprint density at radius 2 is 1.79 bits per heavy atom. The van der Waals surface area contributed by atoms with Gasteiger partial charge in [0.2, 0.25) is 10.0 Å². The molecule has 2 saturated heterocycles. The van der Waals surface area contributed by atoms with Crippen LogP contribution in [-0.2, 0) is 14.8 Å². The molecule has 2 heterocycles. The van der Waals surface area contributed by atoms with E-state index in [0.717, 1.165) is 19.3 Å². The maximum Gasteiger partial charge on any atom is 0.214 e. The molecule has 2 rings (SSSR count). The molecule has 1 unspecified atom stereocenters. The average Bonchev–Trinajstić information content (AvgIpc) is 2.80. The quantitative estimate of drug-likeness (QED) is 0.799. The van der Waals surface area contributed by atoms with Gasteiger partial charge in [0, 0.05) is 19.7 Å². The van der Waals surface area contributed by atoms with E-state index in [9.17, 15) is 8.42 Å². The summed E-state index contributed by atoms with van der Waals surface area (Å²) in [6.45, 7) is 9.45. The van der Waals surface area contributed by atoms with Gasteiger partial charge in [0.05, 0.1) is 12.4 Å². The minimum Gasteiger partial charge on any atom is -0.381 e. The van der Waals surface area contributed by atoms with Crippen molar-refractivity contribution in [1.29, 1.82) is 0 Å². The first-order chi connectivity index (χ1) is 8.79. The summed E-state index contributed by atoms with van der Waals surface area (Å²) < 4.78 is 31.7. The topological polar surface area (TPSA) is 46.6 Å². The van der Waals surface area contributed by atoms with Gasteiger partial charge in [-0.05, 0) is 36.5 Å². The van der Waals surface area contributed by atoms with Crippen LogP contribution in [0.5, 0.6) is 0 Å². The monoisotopic (exact) mass is 289 g/mol. The Hall–Kier alpha value is -0.130. The Kier molecular flexibility index (Phi) is 4.58. The molecular formula is C14H27NO3S. The Bertz CT molecular complexity index is 385. The van der Waals surface area contributed by atoms with E-state index in [1.165, 1.54) is 0 Å². The minimum absolute atomic E-state index is 0.199. The molecule has 2 fully saturated rings. The zero-order chi connectivity index (χ0) is 14.1. The molecule has 0 aromatic rings. The summed E-state index contributed by atoms with van der Waals surface area (Å²) in [6, 6.07) is 0. The van der Waals surface area contributed by atoms with Crippen LogP contribution in [0.4, 0.5) is 0 Å². The number of ether oxygens (including phenoxy) is 1. The van der Waals surface area contributed by atoms with Crippen molar-refractivity contribution in [2.75, 3.05) is 32.1 Å². The van der Waals surface area contributed by atoms with E-state index in [4.69, 9.17) is 4.74 Å². The molecule has 2 aliphatic heterocycles. The summed E-state index contributed by atoms with van der Waals surface area (Å²) >= 11 is 0. The van der Waals surface area contributed by atoms with Crippen molar-refractivity contribution in [3.63, 3.8) is 0 Å². The third kappa shape index (κ3) is 3.92. The van der Waals surface area contributed by atoms with Crippen LogP contribution in [0.2, 0.25) is 0 Å². The molecule has 112 valence electrons. The summed E-state index contributed by atoms with van der Waals surface area (Å²) in [5, 5.41) is 0. The van der Waals surface area contributed by atoms with Crippen LogP contribution >= 0.6 is 0 Å². The Morgan fingerprint density at radius 3 is 2.26 bits per heavy atom. The molecule has 19 heavy (non-hydrogen) atoms. The number of hydrogen-bond acceptors (Lipinski definition) is 3. The Labute approximate surface area is 117 Å². The van der Waals surface area contributed by atoms with E-state index in [0.29, 0.717) is 32.2 Å². The minimum atomic E-state index is -3.08. The number of hydrogen-bond donors (Lipinski definition) is 0. The second-order valence-corrected chi connectivity index (χ2v) is 9.06. The molecule has 0 N–H and O–H groups in total. The van der Waals surface area contributed by atoms with Gasteiger partial charge in [0.15, 0.2) is 0 Å². The van der Waals surface area contributed by atoms with Gasteiger partial charge >= 0.3 is 0 Å². The van der Waals surface area contributed by atoms with Crippen LogP contribution in [0.15, 0.2) is 0 Å². The number of sulfonamides is 1. The van der Waals surface area contributed by atoms with Crippen molar-refractivity contribution in [2.24, 2.45) is 17.3 Å². The van der Waals surface area contributed by atoms with Gasteiger partial charge in [-0.15, -0.1) is 0 Å². The zero-order valence-corrected chi connectivity index (χ0v) is 13.2.